The van der Waals surface area contributed by atoms with Crippen molar-refractivity contribution < 1.29 is 19.2 Å². The number of carbonyl (C=O) groups excluding carboxylic acids is 2. The largest absolute Gasteiger partial charge is 0.494 e. The number of amides is 2. The van der Waals surface area contributed by atoms with Crippen molar-refractivity contribution in [3.63, 3.8) is 0 Å². The van der Waals surface area contributed by atoms with E-state index in [0.717, 1.165) is 11.3 Å². The van der Waals surface area contributed by atoms with Gasteiger partial charge < -0.3 is 15.0 Å². The second-order valence-corrected chi connectivity index (χ2v) is 5.95. The van der Waals surface area contributed by atoms with Crippen molar-refractivity contribution in [2.24, 2.45) is 0 Å². The molecule has 26 heavy (non-hydrogen) atoms. The Morgan fingerprint density at radius 3 is 2.69 bits per heavy atom. The zero-order valence-electron chi connectivity index (χ0n) is 14.3. The number of nitro benzene ring substituents is 1. The molecule has 3 rings (SSSR count). The second kappa shape index (κ2) is 6.83. The Bertz CT molecular complexity index is 896. The average Bonchev–Trinajstić information content (AvgIpc) is 2.96. The first-order valence-electron chi connectivity index (χ1n) is 7.97. The second-order valence-electron chi connectivity index (χ2n) is 5.95. The van der Waals surface area contributed by atoms with Crippen LogP contribution in [0.15, 0.2) is 42.5 Å². The molecule has 2 aromatic rings. The minimum Gasteiger partial charge on any atom is -0.494 e. The quantitative estimate of drug-likeness (QED) is 0.518. The van der Waals surface area contributed by atoms with Gasteiger partial charge in [-0.2, -0.15) is 0 Å². The molecule has 1 unspecified atom stereocenters. The van der Waals surface area contributed by atoms with E-state index in [1.54, 1.807) is 6.07 Å². The van der Waals surface area contributed by atoms with Gasteiger partial charge in [0.2, 0.25) is 0 Å². The van der Waals surface area contributed by atoms with Crippen molar-refractivity contribution in [1.82, 2.24) is 0 Å². The molecule has 0 fully saturated rings. The molecule has 8 heteroatoms. The molecule has 8 nitrogen and oxygen atoms in total. The summed E-state index contributed by atoms with van der Waals surface area (Å²) in [5.41, 5.74) is 1.75. The maximum Gasteiger partial charge on any atom is 0.316 e. The van der Waals surface area contributed by atoms with E-state index in [0.29, 0.717) is 6.42 Å². The SMILES string of the molecule is COc1cc([N+](=O)[O-])ccc1NC(=O)C(=O)N1c2ccccc2CC1C. The van der Waals surface area contributed by atoms with E-state index < -0.39 is 16.7 Å². The molecule has 0 spiro atoms. The molecular formula is C18H17N3O5. The lowest BCUT2D eigenvalue weighted by molar-refractivity contribution is -0.384. The topological polar surface area (TPSA) is 102 Å². The standard InChI is InChI=1S/C18H17N3O5/c1-11-9-12-5-3-4-6-15(12)20(11)18(23)17(22)19-14-8-7-13(21(24)25)10-16(14)26-2/h3-8,10-11H,9H2,1-2H3,(H,19,22). The molecule has 2 aromatic carbocycles. The first-order chi connectivity index (χ1) is 12.4. The number of hydrogen-bond donors (Lipinski definition) is 1. The van der Waals surface area contributed by atoms with Crippen molar-refractivity contribution in [3.8, 4) is 5.75 Å². The molecule has 1 N–H and O–H groups in total. The van der Waals surface area contributed by atoms with Crippen LogP contribution in [-0.2, 0) is 16.0 Å². The zero-order chi connectivity index (χ0) is 18.8. The number of nitrogens with zero attached hydrogens (tertiary/aromatic N) is 2. The molecule has 0 aromatic heterocycles. The number of nitro groups is 1. The van der Waals surface area contributed by atoms with Crippen LogP contribution in [-0.4, -0.2) is 29.9 Å². The predicted molar refractivity (Wildman–Crippen MR) is 95.4 cm³/mol. The summed E-state index contributed by atoms with van der Waals surface area (Å²) in [5, 5.41) is 13.3. The molecular weight excluding hydrogens is 338 g/mol. The van der Waals surface area contributed by atoms with Crippen molar-refractivity contribution in [2.45, 2.75) is 19.4 Å². The molecule has 0 aliphatic carbocycles. The minimum atomic E-state index is -0.833. The molecule has 0 saturated carbocycles. The van der Waals surface area contributed by atoms with E-state index in [9.17, 15) is 19.7 Å². The summed E-state index contributed by atoms with van der Waals surface area (Å²) < 4.78 is 5.08. The van der Waals surface area contributed by atoms with E-state index in [1.807, 2.05) is 25.1 Å². The highest BCUT2D eigenvalue weighted by atomic mass is 16.6. The summed E-state index contributed by atoms with van der Waals surface area (Å²) in [6, 6.07) is 11.1. The molecule has 0 bridgehead atoms. The number of ether oxygens (including phenoxy) is 1. The Kier molecular flexibility index (Phi) is 4.57. The molecule has 134 valence electrons. The van der Waals surface area contributed by atoms with E-state index in [2.05, 4.69) is 5.32 Å². The summed E-state index contributed by atoms with van der Waals surface area (Å²) in [6.07, 6.45) is 0.677. The van der Waals surface area contributed by atoms with Crippen LogP contribution in [0.2, 0.25) is 0 Å². The number of hydrogen-bond acceptors (Lipinski definition) is 5. The number of nitrogens with one attached hydrogen (secondary N) is 1. The van der Waals surface area contributed by atoms with E-state index in [-0.39, 0.29) is 23.2 Å². The predicted octanol–water partition coefficient (Wildman–Crippen LogP) is 2.52. The lowest BCUT2D eigenvalue weighted by Crippen LogP contribution is -2.43. The van der Waals surface area contributed by atoms with Gasteiger partial charge in [-0.15, -0.1) is 0 Å². The van der Waals surface area contributed by atoms with Crippen molar-refractivity contribution in [3.05, 3.63) is 58.1 Å². The van der Waals surface area contributed by atoms with Crippen LogP contribution in [0.3, 0.4) is 0 Å². The van der Waals surface area contributed by atoms with Crippen LogP contribution in [0, 0.1) is 10.1 Å². The van der Waals surface area contributed by atoms with Gasteiger partial charge in [-0.3, -0.25) is 19.7 Å². The zero-order valence-corrected chi connectivity index (χ0v) is 14.3. The highest BCUT2D eigenvalue weighted by Crippen LogP contribution is 2.33. The fraction of sp³-hybridized carbons (Fsp3) is 0.222. The summed E-state index contributed by atoms with van der Waals surface area (Å²) in [6.45, 7) is 1.87. The number of fused-ring (bicyclic) bond motifs is 1. The number of para-hydroxylation sites is 1. The number of anilines is 2. The van der Waals surface area contributed by atoms with Crippen LogP contribution in [0.1, 0.15) is 12.5 Å². The Labute approximate surface area is 149 Å². The van der Waals surface area contributed by atoms with Crippen molar-refractivity contribution in [1.29, 1.82) is 0 Å². The van der Waals surface area contributed by atoms with E-state index >= 15 is 0 Å². The first kappa shape index (κ1) is 17.4. The van der Waals surface area contributed by atoms with Crippen molar-refractivity contribution in [2.75, 3.05) is 17.3 Å². The van der Waals surface area contributed by atoms with Gasteiger partial charge in [0.15, 0.2) is 0 Å². The third-order valence-corrected chi connectivity index (χ3v) is 4.26. The van der Waals surface area contributed by atoms with Gasteiger partial charge in [-0.25, -0.2) is 0 Å². The molecule has 2 amide bonds. The molecule has 0 radical (unpaired) electrons. The van der Waals surface area contributed by atoms with Crippen LogP contribution in [0.4, 0.5) is 17.1 Å². The number of non-ortho nitro benzene ring substituents is 1. The van der Waals surface area contributed by atoms with Gasteiger partial charge in [0.05, 0.1) is 23.8 Å². The molecule has 1 aliphatic heterocycles. The molecule has 0 saturated heterocycles. The molecule has 1 aliphatic rings. The molecule has 1 atom stereocenters. The van der Waals surface area contributed by atoms with Crippen LogP contribution >= 0.6 is 0 Å². The Balaban J connectivity index is 1.82. The number of methoxy groups -OCH3 is 1. The van der Waals surface area contributed by atoms with Gasteiger partial charge in [0.25, 0.3) is 5.69 Å². The Morgan fingerprint density at radius 2 is 2.00 bits per heavy atom. The summed E-state index contributed by atoms with van der Waals surface area (Å²) >= 11 is 0. The van der Waals surface area contributed by atoms with Gasteiger partial charge in [0.1, 0.15) is 5.75 Å². The van der Waals surface area contributed by atoms with Gasteiger partial charge in [-0.1, -0.05) is 18.2 Å². The van der Waals surface area contributed by atoms with Gasteiger partial charge in [0, 0.05) is 17.8 Å². The smallest absolute Gasteiger partial charge is 0.316 e. The third kappa shape index (κ3) is 3.08. The maximum atomic E-state index is 12.7. The van der Waals surface area contributed by atoms with Gasteiger partial charge >= 0.3 is 11.8 Å². The minimum absolute atomic E-state index is 0.107. The molecule has 1 heterocycles. The number of rotatable bonds is 3. The Hall–Kier alpha value is -3.42. The highest BCUT2D eigenvalue weighted by Gasteiger charge is 2.34. The van der Waals surface area contributed by atoms with Gasteiger partial charge in [-0.05, 0) is 31.0 Å². The normalized spacial score (nSPS) is 15.3. The number of benzene rings is 2. The van der Waals surface area contributed by atoms with Crippen molar-refractivity contribution >= 4 is 28.9 Å². The summed E-state index contributed by atoms with van der Waals surface area (Å²) in [5.74, 6) is -1.42. The average molecular weight is 355 g/mol. The first-order valence-corrected chi connectivity index (χ1v) is 7.97. The summed E-state index contributed by atoms with van der Waals surface area (Å²) in [7, 11) is 1.33. The van der Waals surface area contributed by atoms with Crippen LogP contribution < -0.4 is 15.0 Å². The number of carbonyl (C=O) groups is 2. The Morgan fingerprint density at radius 1 is 1.27 bits per heavy atom. The highest BCUT2D eigenvalue weighted by molar-refractivity contribution is 6.44. The lowest BCUT2D eigenvalue weighted by Gasteiger charge is -2.22. The van der Waals surface area contributed by atoms with E-state index in [1.165, 1.54) is 30.2 Å². The van der Waals surface area contributed by atoms with Crippen LogP contribution in [0.5, 0.6) is 5.75 Å². The van der Waals surface area contributed by atoms with Crippen LogP contribution in [0.25, 0.3) is 0 Å². The lowest BCUT2D eigenvalue weighted by atomic mass is 10.1. The monoisotopic (exact) mass is 355 g/mol. The maximum absolute atomic E-state index is 12.7. The fourth-order valence-electron chi connectivity index (χ4n) is 3.06. The third-order valence-electron chi connectivity index (χ3n) is 4.26. The van der Waals surface area contributed by atoms with E-state index in [4.69, 9.17) is 4.74 Å². The fourth-order valence-corrected chi connectivity index (χ4v) is 3.06. The summed E-state index contributed by atoms with van der Waals surface area (Å²) in [4.78, 5) is 36.8.